The third-order valence-electron chi connectivity index (χ3n) is 11.4. The number of hydrogen-bond donors (Lipinski definition) is 0. The zero-order valence-electron chi connectivity index (χ0n) is 24.8. The summed E-state index contributed by atoms with van der Waals surface area (Å²) in [5.41, 5.74) is -0.300. The molecule has 0 amide bonds. The molecular formula is C31H48O8. The van der Waals surface area contributed by atoms with Crippen LogP contribution in [0.5, 0.6) is 0 Å². The number of carbonyl (C=O) groups excluding carboxylic acids is 4. The average Bonchev–Trinajstić information content (AvgIpc) is 3.20. The molecule has 8 heteroatoms. The Balaban J connectivity index is 1.70. The molecule has 220 valence electrons. The maximum absolute atomic E-state index is 12.5. The van der Waals surface area contributed by atoms with Crippen LogP contribution in [-0.4, -0.2) is 49.3 Å². The Morgan fingerprint density at radius 3 is 2.13 bits per heavy atom. The van der Waals surface area contributed by atoms with Crippen molar-refractivity contribution in [1.29, 1.82) is 0 Å². The molecule has 0 aromatic rings. The first-order chi connectivity index (χ1) is 18.3. The molecule has 4 rings (SSSR count). The van der Waals surface area contributed by atoms with Gasteiger partial charge < -0.3 is 18.9 Å². The second-order valence-corrected chi connectivity index (χ2v) is 13.4. The Morgan fingerprint density at radius 1 is 0.846 bits per heavy atom. The molecule has 4 aliphatic rings. The molecule has 0 saturated heterocycles. The second-order valence-electron chi connectivity index (χ2n) is 13.4. The minimum atomic E-state index is -0.279. The molecule has 11 atom stereocenters. The fraction of sp³-hybridized carbons (Fsp3) is 0.871. The van der Waals surface area contributed by atoms with Gasteiger partial charge in [0.15, 0.2) is 0 Å². The highest BCUT2D eigenvalue weighted by Crippen LogP contribution is 2.69. The van der Waals surface area contributed by atoms with Crippen LogP contribution in [0.3, 0.4) is 0 Å². The molecule has 0 spiro atoms. The minimum Gasteiger partial charge on any atom is -0.469 e. The van der Waals surface area contributed by atoms with E-state index in [9.17, 15) is 19.2 Å². The van der Waals surface area contributed by atoms with E-state index in [4.69, 9.17) is 18.9 Å². The summed E-state index contributed by atoms with van der Waals surface area (Å²) in [6.45, 7) is 11.3. The van der Waals surface area contributed by atoms with Crippen LogP contribution in [0.25, 0.3) is 0 Å². The highest BCUT2D eigenvalue weighted by Gasteiger charge is 2.67. The van der Waals surface area contributed by atoms with Crippen molar-refractivity contribution in [2.24, 2.45) is 46.3 Å². The molecule has 0 heterocycles. The van der Waals surface area contributed by atoms with E-state index in [1.165, 1.54) is 27.9 Å². The summed E-state index contributed by atoms with van der Waals surface area (Å²) < 4.78 is 22.8. The van der Waals surface area contributed by atoms with Gasteiger partial charge in [0.1, 0.15) is 18.3 Å². The van der Waals surface area contributed by atoms with E-state index in [1.54, 1.807) is 0 Å². The van der Waals surface area contributed by atoms with Crippen LogP contribution in [0.1, 0.15) is 99.3 Å². The van der Waals surface area contributed by atoms with Crippen LogP contribution >= 0.6 is 0 Å². The highest BCUT2D eigenvalue weighted by molar-refractivity contribution is 5.69. The summed E-state index contributed by atoms with van der Waals surface area (Å²) in [6, 6.07) is 0. The molecular weight excluding hydrogens is 500 g/mol. The number of ether oxygens (including phenoxy) is 4. The SMILES string of the molecule is COC(=O)CC[C@@H](C)[C@H]1CC[C@H]2[C@@H]3[C@H](OC(C)=O)CC4C[C@H](OC(C)=O)CC[C@]4(C)[C@H]3C[C@H](OC(C)=O)[C@]12C. The van der Waals surface area contributed by atoms with Crippen LogP contribution in [0.2, 0.25) is 0 Å². The average molecular weight is 549 g/mol. The van der Waals surface area contributed by atoms with Crippen LogP contribution in [0.15, 0.2) is 0 Å². The van der Waals surface area contributed by atoms with Gasteiger partial charge in [0, 0.05) is 38.5 Å². The third-order valence-corrected chi connectivity index (χ3v) is 11.4. The van der Waals surface area contributed by atoms with E-state index in [0.29, 0.717) is 6.42 Å². The van der Waals surface area contributed by atoms with Crippen LogP contribution in [-0.2, 0) is 38.1 Å². The standard InChI is InChI=1S/C31H48O8/c1-17(8-11-28(35)36-7)23-9-10-24-29-25(16-27(31(23,24)6)39-20(4)34)30(5)13-12-22(37-18(2)32)14-21(30)15-26(29)38-19(3)33/h17,21-27,29H,8-16H2,1-7H3/t17-,21?,22-,23-,24+,25+,26-,27+,29+,30+,31-/m1/s1. The van der Waals surface area contributed by atoms with Crippen molar-refractivity contribution in [1.82, 2.24) is 0 Å². The lowest BCUT2D eigenvalue weighted by Gasteiger charge is -2.64. The first-order valence-electron chi connectivity index (χ1n) is 14.9. The van der Waals surface area contributed by atoms with E-state index < -0.39 is 0 Å². The van der Waals surface area contributed by atoms with Gasteiger partial charge >= 0.3 is 23.9 Å². The zero-order valence-corrected chi connectivity index (χ0v) is 24.8. The Morgan fingerprint density at radius 2 is 1.51 bits per heavy atom. The molecule has 0 aliphatic heterocycles. The maximum Gasteiger partial charge on any atom is 0.305 e. The molecule has 0 aromatic heterocycles. The Labute approximate surface area is 233 Å². The highest BCUT2D eigenvalue weighted by atomic mass is 16.6. The lowest BCUT2D eigenvalue weighted by molar-refractivity contribution is -0.224. The van der Waals surface area contributed by atoms with E-state index in [-0.39, 0.29) is 88.5 Å². The first-order valence-corrected chi connectivity index (χ1v) is 14.9. The Kier molecular flexibility index (Phi) is 8.73. The molecule has 0 aromatic carbocycles. The van der Waals surface area contributed by atoms with Crippen LogP contribution in [0.4, 0.5) is 0 Å². The molecule has 0 radical (unpaired) electrons. The largest absolute Gasteiger partial charge is 0.469 e. The topological polar surface area (TPSA) is 105 Å². The first kappa shape index (κ1) is 29.9. The molecule has 8 nitrogen and oxygen atoms in total. The second kappa shape index (κ2) is 11.4. The smallest absolute Gasteiger partial charge is 0.305 e. The van der Waals surface area contributed by atoms with Crippen molar-refractivity contribution in [3.63, 3.8) is 0 Å². The third kappa shape index (κ3) is 5.58. The van der Waals surface area contributed by atoms with Crippen LogP contribution < -0.4 is 0 Å². The quantitative estimate of drug-likeness (QED) is 0.314. The van der Waals surface area contributed by atoms with Gasteiger partial charge in [-0.3, -0.25) is 19.2 Å². The number of esters is 4. The Hall–Kier alpha value is -2.12. The molecule has 0 bridgehead atoms. The molecule has 4 aliphatic carbocycles. The Bertz CT molecular complexity index is 962. The van der Waals surface area contributed by atoms with Gasteiger partial charge in [-0.2, -0.15) is 0 Å². The monoisotopic (exact) mass is 548 g/mol. The molecule has 0 N–H and O–H groups in total. The predicted molar refractivity (Wildman–Crippen MR) is 143 cm³/mol. The fourth-order valence-electron chi connectivity index (χ4n) is 9.77. The van der Waals surface area contributed by atoms with E-state index in [2.05, 4.69) is 20.8 Å². The van der Waals surface area contributed by atoms with Gasteiger partial charge in [-0.05, 0) is 86.4 Å². The number of hydrogen-bond acceptors (Lipinski definition) is 8. The van der Waals surface area contributed by atoms with Crippen molar-refractivity contribution in [3.8, 4) is 0 Å². The van der Waals surface area contributed by atoms with Crippen molar-refractivity contribution in [3.05, 3.63) is 0 Å². The van der Waals surface area contributed by atoms with Gasteiger partial charge in [0.2, 0.25) is 0 Å². The zero-order chi connectivity index (χ0) is 28.7. The number of fused-ring (bicyclic) bond motifs is 5. The summed E-state index contributed by atoms with van der Waals surface area (Å²) >= 11 is 0. The van der Waals surface area contributed by atoms with Gasteiger partial charge in [-0.1, -0.05) is 20.8 Å². The summed E-state index contributed by atoms with van der Waals surface area (Å²) in [7, 11) is 1.42. The van der Waals surface area contributed by atoms with Crippen molar-refractivity contribution >= 4 is 23.9 Å². The van der Waals surface area contributed by atoms with Crippen LogP contribution in [0, 0.1) is 46.3 Å². The number of rotatable bonds is 7. The van der Waals surface area contributed by atoms with Gasteiger partial charge in [0.25, 0.3) is 0 Å². The summed E-state index contributed by atoms with van der Waals surface area (Å²) in [5, 5.41) is 0. The number of carbonyl (C=O) groups is 4. The van der Waals surface area contributed by atoms with E-state index in [1.807, 2.05) is 0 Å². The molecule has 4 fully saturated rings. The summed E-state index contributed by atoms with van der Waals surface area (Å²) in [6.07, 6.45) is 6.53. The van der Waals surface area contributed by atoms with E-state index in [0.717, 1.165) is 51.4 Å². The minimum absolute atomic E-state index is 0.0215. The fourth-order valence-corrected chi connectivity index (χ4v) is 9.77. The van der Waals surface area contributed by atoms with Crippen molar-refractivity contribution in [2.75, 3.05) is 7.11 Å². The van der Waals surface area contributed by atoms with Crippen molar-refractivity contribution < 1.29 is 38.1 Å². The summed E-state index contributed by atoms with van der Waals surface area (Å²) in [4.78, 5) is 48.5. The van der Waals surface area contributed by atoms with E-state index >= 15 is 0 Å². The molecule has 1 unspecified atom stereocenters. The van der Waals surface area contributed by atoms with Gasteiger partial charge in [-0.15, -0.1) is 0 Å². The van der Waals surface area contributed by atoms with Crippen molar-refractivity contribution in [2.45, 2.75) is 118 Å². The summed E-state index contributed by atoms with van der Waals surface area (Å²) in [5.74, 6) is 0.438. The number of methoxy groups -OCH3 is 1. The van der Waals surface area contributed by atoms with Gasteiger partial charge in [0.05, 0.1) is 7.11 Å². The predicted octanol–water partition coefficient (Wildman–Crippen LogP) is 5.25. The normalized spacial score (nSPS) is 41.7. The lowest BCUT2D eigenvalue weighted by Crippen LogP contribution is -2.63. The van der Waals surface area contributed by atoms with Gasteiger partial charge in [-0.25, -0.2) is 0 Å². The molecule has 39 heavy (non-hydrogen) atoms. The lowest BCUT2D eigenvalue weighted by atomic mass is 9.43. The maximum atomic E-state index is 12.5. The molecule has 4 saturated carbocycles.